The van der Waals surface area contributed by atoms with Gasteiger partial charge in [-0.1, -0.05) is 66.7 Å². The maximum absolute atomic E-state index is 12.9. The van der Waals surface area contributed by atoms with Crippen molar-refractivity contribution >= 4 is 16.9 Å². The Labute approximate surface area is 152 Å². The first-order valence-electron chi connectivity index (χ1n) is 8.72. The molecule has 0 radical (unpaired) electrons. The monoisotopic (exact) mass is 341 g/mol. The van der Waals surface area contributed by atoms with Crippen LogP contribution in [0.15, 0.2) is 84.9 Å². The van der Waals surface area contributed by atoms with Crippen molar-refractivity contribution in [2.45, 2.75) is 6.92 Å². The summed E-state index contributed by atoms with van der Waals surface area (Å²) in [6.07, 6.45) is 0. The van der Waals surface area contributed by atoms with Crippen LogP contribution in [0.3, 0.4) is 0 Å². The lowest BCUT2D eigenvalue weighted by atomic mass is 10.1. The standard InChI is InChI=1S/C23H19NO2/c1-2-26-23(25)21-19-15-9-10-16-20(19)24(18-13-7-4-8-14-18)22(21)17-11-5-3-6-12-17/h3-16H,2H2,1H3. The Morgan fingerprint density at radius 1 is 0.846 bits per heavy atom. The van der Waals surface area contributed by atoms with E-state index in [9.17, 15) is 4.79 Å². The highest BCUT2D eigenvalue weighted by Crippen LogP contribution is 2.36. The van der Waals surface area contributed by atoms with Gasteiger partial charge in [-0.05, 0) is 30.7 Å². The summed E-state index contributed by atoms with van der Waals surface area (Å²) in [5.41, 5.74) is 4.45. The summed E-state index contributed by atoms with van der Waals surface area (Å²) in [5, 5.41) is 0.897. The van der Waals surface area contributed by atoms with Gasteiger partial charge in [0.25, 0.3) is 0 Å². The van der Waals surface area contributed by atoms with Crippen molar-refractivity contribution in [2.24, 2.45) is 0 Å². The van der Waals surface area contributed by atoms with Gasteiger partial charge in [0.15, 0.2) is 0 Å². The smallest absolute Gasteiger partial charge is 0.340 e. The van der Waals surface area contributed by atoms with Gasteiger partial charge in [-0.3, -0.25) is 0 Å². The lowest BCUT2D eigenvalue weighted by molar-refractivity contribution is 0.0529. The second kappa shape index (κ2) is 6.89. The van der Waals surface area contributed by atoms with E-state index in [1.807, 2.05) is 91.9 Å². The average molecular weight is 341 g/mol. The molecule has 0 aliphatic heterocycles. The molecule has 4 rings (SSSR count). The van der Waals surface area contributed by atoms with E-state index in [1.165, 1.54) is 0 Å². The van der Waals surface area contributed by atoms with E-state index in [1.54, 1.807) is 0 Å². The predicted octanol–water partition coefficient (Wildman–Crippen LogP) is 5.47. The lowest BCUT2D eigenvalue weighted by Crippen LogP contribution is -2.07. The van der Waals surface area contributed by atoms with Crippen molar-refractivity contribution in [1.29, 1.82) is 0 Å². The molecule has 0 N–H and O–H groups in total. The Kier molecular flexibility index (Phi) is 4.28. The number of hydrogen-bond acceptors (Lipinski definition) is 2. The van der Waals surface area contributed by atoms with Crippen LogP contribution in [0.25, 0.3) is 27.8 Å². The number of fused-ring (bicyclic) bond motifs is 1. The Hall–Kier alpha value is -3.33. The van der Waals surface area contributed by atoms with Gasteiger partial charge in [-0.2, -0.15) is 0 Å². The number of para-hydroxylation sites is 2. The van der Waals surface area contributed by atoms with E-state index in [4.69, 9.17) is 4.74 Å². The van der Waals surface area contributed by atoms with Gasteiger partial charge in [-0.15, -0.1) is 0 Å². The van der Waals surface area contributed by atoms with Gasteiger partial charge >= 0.3 is 5.97 Å². The molecule has 0 aliphatic carbocycles. The Morgan fingerprint density at radius 3 is 2.15 bits per heavy atom. The molecule has 26 heavy (non-hydrogen) atoms. The van der Waals surface area contributed by atoms with E-state index < -0.39 is 0 Å². The first-order chi connectivity index (χ1) is 12.8. The third kappa shape index (κ3) is 2.68. The SMILES string of the molecule is CCOC(=O)c1c(-c2ccccc2)n(-c2ccccc2)c2ccccc12. The van der Waals surface area contributed by atoms with Crippen molar-refractivity contribution < 1.29 is 9.53 Å². The van der Waals surface area contributed by atoms with Crippen LogP contribution < -0.4 is 0 Å². The molecule has 3 aromatic carbocycles. The number of carbonyl (C=O) groups is 1. The lowest BCUT2D eigenvalue weighted by Gasteiger charge is -2.12. The number of carbonyl (C=O) groups excluding carboxylic acids is 1. The number of nitrogens with zero attached hydrogens (tertiary/aromatic N) is 1. The maximum atomic E-state index is 12.9. The molecular weight excluding hydrogens is 322 g/mol. The van der Waals surface area contributed by atoms with Gasteiger partial charge < -0.3 is 9.30 Å². The molecule has 128 valence electrons. The van der Waals surface area contributed by atoms with Gasteiger partial charge in [0.2, 0.25) is 0 Å². The number of aromatic nitrogens is 1. The van der Waals surface area contributed by atoms with Crippen molar-refractivity contribution in [1.82, 2.24) is 4.57 Å². The number of rotatable bonds is 4. The molecule has 1 aromatic heterocycles. The minimum Gasteiger partial charge on any atom is -0.462 e. The van der Waals surface area contributed by atoms with Crippen molar-refractivity contribution in [3.05, 3.63) is 90.5 Å². The zero-order valence-electron chi connectivity index (χ0n) is 14.6. The molecule has 0 fully saturated rings. The molecule has 0 amide bonds. The van der Waals surface area contributed by atoms with Crippen LogP contribution in [-0.4, -0.2) is 17.1 Å². The molecule has 0 unspecified atom stereocenters. The zero-order chi connectivity index (χ0) is 17.9. The first-order valence-corrected chi connectivity index (χ1v) is 8.72. The normalized spacial score (nSPS) is 10.8. The van der Waals surface area contributed by atoms with Crippen molar-refractivity contribution in [3.8, 4) is 16.9 Å². The van der Waals surface area contributed by atoms with Crippen LogP contribution >= 0.6 is 0 Å². The fourth-order valence-corrected chi connectivity index (χ4v) is 3.36. The average Bonchev–Trinajstić information content (AvgIpc) is 3.05. The Morgan fingerprint density at radius 2 is 1.46 bits per heavy atom. The molecule has 3 heteroatoms. The molecule has 4 aromatic rings. The topological polar surface area (TPSA) is 31.2 Å². The third-order valence-corrected chi connectivity index (χ3v) is 4.42. The largest absolute Gasteiger partial charge is 0.462 e. The molecule has 3 nitrogen and oxygen atoms in total. The molecular formula is C23H19NO2. The van der Waals surface area contributed by atoms with Crippen LogP contribution in [0.4, 0.5) is 0 Å². The molecule has 0 bridgehead atoms. The highest BCUT2D eigenvalue weighted by atomic mass is 16.5. The Bertz CT molecular complexity index is 1050. The summed E-state index contributed by atoms with van der Waals surface area (Å²) in [6, 6.07) is 28.0. The fraction of sp³-hybridized carbons (Fsp3) is 0.0870. The number of benzene rings is 3. The van der Waals surface area contributed by atoms with E-state index in [2.05, 4.69) is 4.57 Å². The van der Waals surface area contributed by atoms with E-state index in [0.29, 0.717) is 12.2 Å². The van der Waals surface area contributed by atoms with Crippen molar-refractivity contribution in [3.63, 3.8) is 0 Å². The molecule has 0 saturated carbocycles. The second-order valence-corrected chi connectivity index (χ2v) is 6.00. The summed E-state index contributed by atoms with van der Waals surface area (Å²) < 4.78 is 7.53. The van der Waals surface area contributed by atoms with E-state index >= 15 is 0 Å². The van der Waals surface area contributed by atoms with Gasteiger partial charge in [-0.25, -0.2) is 4.79 Å². The quantitative estimate of drug-likeness (QED) is 0.461. The van der Waals surface area contributed by atoms with E-state index in [-0.39, 0.29) is 5.97 Å². The molecule has 0 spiro atoms. The molecule has 0 saturated heterocycles. The maximum Gasteiger partial charge on any atom is 0.340 e. The van der Waals surface area contributed by atoms with Crippen LogP contribution in [0, 0.1) is 0 Å². The minimum absolute atomic E-state index is 0.294. The van der Waals surface area contributed by atoms with Crippen molar-refractivity contribution in [2.75, 3.05) is 6.61 Å². The third-order valence-electron chi connectivity index (χ3n) is 4.42. The molecule has 0 atom stereocenters. The summed E-state index contributed by atoms with van der Waals surface area (Å²) in [6.45, 7) is 2.17. The van der Waals surface area contributed by atoms with Gasteiger partial charge in [0, 0.05) is 11.1 Å². The summed E-state index contributed by atoms with van der Waals surface area (Å²) in [5.74, 6) is -0.294. The summed E-state index contributed by atoms with van der Waals surface area (Å²) >= 11 is 0. The van der Waals surface area contributed by atoms with Crippen LogP contribution in [0.5, 0.6) is 0 Å². The van der Waals surface area contributed by atoms with Gasteiger partial charge in [0.1, 0.15) is 0 Å². The number of hydrogen-bond donors (Lipinski definition) is 0. The highest BCUT2D eigenvalue weighted by Gasteiger charge is 2.25. The second-order valence-electron chi connectivity index (χ2n) is 6.00. The van der Waals surface area contributed by atoms with Gasteiger partial charge in [0.05, 0.1) is 23.4 Å². The van der Waals surface area contributed by atoms with E-state index in [0.717, 1.165) is 27.8 Å². The first kappa shape index (κ1) is 16.2. The number of ether oxygens (including phenoxy) is 1. The predicted molar refractivity (Wildman–Crippen MR) is 105 cm³/mol. The minimum atomic E-state index is -0.294. The highest BCUT2D eigenvalue weighted by molar-refractivity contribution is 6.11. The zero-order valence-corrected chi connectivity index (χ0v) is 14.6. The molecule has 0 aliphatic rings. The van der Waals surface area contributed by atoms with Crippen LogP contribution in [-0.2, 0) is 4.74 Å². The molecule has 1 heterocycles. The number of esters is 1. The van der Waals surface area contributed by atoms with Crippen LogP contribution in [0.1, 0.15) is 17.3 Å². The summed E-state index contributed by atoms with van der Waals surface area (Å²) in [7, 11) is 0. The van der Waals surface area contributed by atoms with Crippen LogP contribution in [0.2, 0.25) is 0 Å². The Balaban J connectivity index is 2.13. The summed E-state index contributed by atoms with van der Waals surface area (Å²) in [4.78, 5) is 12.9. The fourth-order valence-electron chi connectivity index (χ4n) is 3.36.